The molecular weight excluding hydrogens is 260 g/mol. The molecule has 0 aliphatic carbocycles. The fourth-order valence-electron chi connectivity index (χ4n) is 2.37. The molecule has 1 aliphatic heterocycles. The molecule has 4 heteroatoms. The second-order valence-electron chi connectivity index (χ2n) is 5.34. The molecule has 1 fully saturated rings. The highest BCUT2D eigenvalue weighted by Gasteiger charge is 2.15. The van der Waals surface area contributed by atoms with Crippen molar-refractivity contribution in [2.75, 3.05) is 24.3 Å². The summed E-state index contributed by atoms with van der Waals surface area (Å²) in [5.41, 5.74) is 2.10. The molecule has 0 aromatic heterocycles. The highest BCUT2D eigenvalue weighted by molar-refractivity contribution is 6.29. The first-order chi connectivity index (χ1) is 9.17. The van der Waals surface area contributed by atoms with E-state index in [0.29, 0.717) is 0 Å². The van der Waals surface area contributed by atoms with E-state index in [1.807, 2.05) is 12.1 Å². The molecule has 1 saturated heterocycles. The van der Waals surface area contributed by atoms with Gasteiger partial charge in [0.2, 0.25) is 5.91 Å². The summed E-state index contributed by atoms with van der Waals surface area (Å²) in [6.45, 7) is 5.69. The number of alkyl halides is 1. The largest absolute Gasteiger partial charge is 0.325 e. The number of halogens is 1. The van der Waals surface area contributed by atoms with Crippen molar-refractivity contribution in [3.05, 3.63) is 29.8 Å². The van der Waals surface area contributed by atoms with Crippen LogP contribution < -0.4 is 5.32 Å². The lowest BCUT2D eigenvalue weighted by Crippen LogP contribution is -2.32. The number of nitrogens with one attached hydrogen (secondary N) is 1. The first kappa shape index (κ1) is 14.4. The van der Waals surface area contributed by atoms with E-state index in [1.165, 1.54) is 31.5 Å². The molecule has 1 amide bonds. The second-order valence-corrected chi connectivity index (χ2v) is 5.60. The molecular formula is C15H21ClN2O. The molecule has 0 radical (unpaired) electrons. The summed E-state index contributed by atoms with van der Waals surface area (Å²) < 4.78 is 0. The van der Waals surface area contributed by atoms with Gasteiger partial charge in [-0.25, -0.2) is 0 Å². The number of hydrogen-bond acceptors (Lipinski definition) is 2. The Balaban J connectivity index is 1.86. The lowest BCUT2D eigenvalue weighted by Gasteiger charge is -2.30. The van der Waals surface area contributed by atoms with Crippen molar-refractivity contribution in [3.63, 3.8) is 0 Å². The molecule has 1 aromatic rings. The SMILES string of the molecule is CC1CCN(Cc2ccc(NC(=O)CCl)cc2)CC1. The van der Waals surface area contributed by atoms with Gasteiger partial charge in [0.25, 0.3) is 0 Å². The second kappa shape index (κ2) is 6.92. The fourth-order valence-corrected chi connectivity index (χ4v) is 2.43. The number of anilines is 1. The summed E-state index contributed by atoms with van der Waals surface area (Å²) in [6, 6.07) is 8.02. The normalized spacial score (nSPS) is 17.4. The predicted molar refractivity (Wildman–Crippen MR) is 79.5 cm³/mol. The minimum absolute atomic E-state index is 0.00624. The Hall–Kier alpha value is -1.06. The van der Waals surface area contributed by atoms with Crippen molar-refractivity contribution in [2.24, 2.45) is 5.92 Å². The average Bonchev–Trinajstić information content (AvgIpc) is 2.43. The number of amides is 1. The number of hydrogen-bond donors (Lipinski definition) is 1. The Bertz CT molecular complexity index is 411. The van der Waals surface area contributed by atoms with Gasteiger partial charge in [-0.05, 0) is 49.5 Å². The van der Waals surface area contributed by atoms with Crippen LogP contribution >= 0.6 is 11.6 Å². The van der Waals surface area contributed by atoms with Crippen LogP contribution in [0.1, 0.15) is 25.3 Å². The number of piperidine rings is 1. The van der Waals surface area contributed by atoms with E-state index < -0.39 is 0 Å². The summed E-state index contributed by atoms with van der Waals surface area (Å²) in [7, 11) is 0. The van der Waals surface area contributed by atoms with E-state index in [0.717, 1.165) is 18.2 Å². The maximum Gasteiger partial charge on any atom is 0.239 e. The van der Waals surface area contributed by atoms with Crippen LogP contribution in [0.5, 0.6) is 0 Å². The van der Waals surface area contributed by atoms with Crippen LogP contribution in [0.3, 0.4) is 0 Å². The molecule has 0 unspecified atom stereocenters. The number of carbonyl (C=O) groups is 1. The van der Waals surface area contributed by atoms with Crippen LogP contribution in [0, 0.1) is 5.92 Å². The van der Waals surface area contributed by atoms with Gasteiger partial charge >= 0.3 is 0 Å². The zero-order valence-electron chi connectivity index (χ0n) is 11.4. The van der Waals surface area contributed by atoms with Crippen LogP contribution in [0.25, 0.3) is 0 Å². The van der Waals surface area contributed by atoms with Gasteiger partial charge in [-0.15, -0.1) is 11.6 Å². The summed E-state index contributed by atoms with van der Waals surface area (Å²) in [4.78, 5) is 13.7. The van der Waals surface area contributed by atoms with Crippen LogP contribution in [-0.2, 0) is 11.3 Å². The van der Waals surface area contributed by atoms with Gasteiger partial charge in [-0.1, -0.05) is 19.1 Å². The van der Waals surface area contributed by atoms with E-state index >= 15 is 0 Å². The molecule has 1 aromatic carbocycles. The zero-order valence-corrected chi connectivity index (χ0v) is 12.1. The number of rotatable bonds is 4. The van der Waals surface area contributed by atoms with E-state index in [9.17, 15) is 4.79 Å². The van der Waals surface area contributed by atoms with Gasteiger partial charge in [0, 0.05) is 12.2 Å². The van der Waals surface area contributed by atoms with Gasteiger partial charge in [-0.2, -0.15) is 0 Å². The van der Waals surface area contributed by atoms with Crippen LogP contribution in [0.2, 0.25) is 0 Å². The number of likely N-dealkylation sites (tertiary alicyclic amines) is 1. The Labute approximate surface area is 119 Å². The lowest BCUT2D eigenvalue weighted by atomic mass is 9.99. The minimum Gasteiger partial charge on any atom is -0.325 e. The van der Waals surface area contributed by atoms with Gasteiger partial charge in [0.15, 0.2) is 0 Å². The molecule has 104 valence electrons. The summed E-state index contributed by atoms with van der Waals surface area (Å²) in [5.74, 6) is 0.692. The summed E-state index contributed by atoms with van der Waals surface area (Å²) >= 11 is 5.46. The van der Waals surface area contributed by atoms with E-state index in [-0.39, 0.29) is 11.8 Å². The highest BCUT2D eigenvalue weighted by Crippen LogP contribution is 2.18. The molecule has 2 rings (SSSR count). The molecule has 1 aliphatic rings. The predicted octanol–water partition coefficient (Wildman–Crippen LogP) is 3.10. The molecule has 0 bridgehead atoms. The van der Waals surface area contributed by atoms with Crippen molar-refractivity contribution in [2.45, 2.75) is 26.3 Å². The van der Waals surface area contributed by atoms with Crippen molar-refractivity contribution in [3.8, 4) is 0 Å². The molecule has 19 heavy (non-hydrogen) atoms. The molecule has 0 atom stereocenters. The van der Waals surface area contributed by atoms with E-state index in [4.69, 9.17) is 11.6 Å². The van der Waals surface area contributed by atoms with E-state index in [1.54, 1.807) is 0 Å². The average molecular weight is 281 g/mol. The Morgan fingerprint density at radius 2 is 1.95 bits per heavy atom. The first-order valence-electron chi connectivity index (χ1n) is 6.84. The summed E-state index contributed by atoms with van der Waals surface area (Å²) in [5, 5.41) is 2.74. The number of nitrogens with zero attached hydrogens (tertiary/aromatic N) is 1. The van der Waals surface area contributed by atoms with Gasteiger partial charge in [0.05, 0.1) is 0 Å². The summed E-state index contributed by atoms with van der Waals surface area (Å²) in [6.07, 6.45) is 2.59. The Morgan fingerprint density at radius 1 is 1.32 bits per heavy atom. The highest BCUT2D eigenvalue weighted by atomic mass is 35.5. The fraction of sp³-hybridized carbons (Fsp3) is 0.533. The Kier molecular flexibility index (Phi) is 5.23. The maximum absolute atomic E-state index is 11.2. The smallest absolute Gasteiger partial charge is 0.239 e. The van der Waals surface area contributed by atoms with E-state index in [2.05, 4.69) is 29.3 Å². The third kappa shape index (κ3) is 4.51. The van der Waals surface area contributed by atoms with Crippen LogP contribution in [0.15, 0.2) is 24.3 Å². The van der Waals surface area contributed by atoms with Crippen molar-refractivity contribution < 1.29 is 4.79 Å². The van der Waals surface area contributed by atoms with Crippen molar-refractivity contribution in [1.82, 2.24) is 4.90 Å². The molecule has 0 spiro atoms. The topological polar surface area (TPSA) is 32.3 Å². The number of benzene rings is 1. The van der Waals surface area contributed by atoms with Gasteiger partial charge in [0.1, 0.15) is 5.88 Å². The van der Waals surface area contributed by atoms with Gasteiger partial charge in [-0.3, -0.25) is 9.69 Å². The first-order valence-corrected chi connectivity index (χ1v) is 7.38. The van der Waals surface area contributed by atoms with Crippen molar-refractivity contribution in [1.29, 1.82) is 0 Å². The minimum atomic E-state index is -0.167. The number of carbonyl (C=O) groups excluding carboxylic acids is 1. The molecule has 0 saturated carbocycles. The molecule has 1 N–H and O–H groups in total. The maximum atomic E-state index is 11.2. The molecule has 3 nitrogen and oxygen atoms in total. The molecule has 1 heterocycles. The van der Waals surface area contributed by atoms with Crippen LogP contribution in [-0.4, -0.2) is 29.8 Å². The third-order valence-electron chi connectivity index (χ3n) is 3.64. The standard InChI is InChI=1S/C15H21ClN2O/c1-12-6-8-18(9-7-12)11-13-2-4-14(5-3-13)17-15(19)10-16/h2-5,12H,6-11H2,1H3,(H,17,19). The van der Waals surface area contributed by atoms with Crippen molar-refractivity contribution >= 4 is 23.2 Å². The third-order valence-corrected chi connectivity index (χ3v) is 3.88. The van der Waals surface area contributed by atoms with Crippen LogP contribution in [0.4, 0.5) is 5.69 Å². The van der Waals surface area contributed by atoms with Gasteiger partial charge < -0.3 is 5.32 Å². The Morgan fingerprint density at radius 3 is 2.53 bits per heavy atom. The lowest BCUT2D eigenvalue weighted by molar-refractivity contribution is -0.113. The quantitative estimate of drug-likeness (QED) is 0.860. The monoisotopic (exact) mass is 280 g/mol. The zero-order chi connectivity index (χ0) is 13.7.